The molecule has 23 heavy (non-hydrogen) atoms. The summed E-state index contributed by atoms with van der Waals surface area (Å²) in [5.74, 6) is 0. The fraction of sp³-hybridized carbons (Fsp3) is 0.0714. The first-order valence-corrected chi connectivity index (χ1v) is 8.43. The van der Waals surface area contributed by atoms with Crippen LogP contribution < -0.4 is 15.9 Å². The van der Waals surface area contributed by atoms with Gasteiger partial charge in [0.25, 0.3) is 0 Å². The van der Waals surface area contributed by atoms with Crippen molar-refractivity contribution in [3.63, 3.8) is 0 Å². The van der Waals surface area contributed by atoms with E-state index in [4.69, 9.17) is 23.1 Å². The molecular formula is C14H15N5O2S2. The van der Waals surface area contributed by atoms with Crippen LogP contribution in [0.4, 0.5) is 5.69 Å². The number of benzene rings is 1. The maximum absolute atomic E-state index is 11.3. The van der Waals surface area contributed by atoms with Gasteiger partial charge in [0.15, 0.2) is 5.11 Å². The first kappa shape index (κ1) is 17.0. The Morgan fingerprint density at radius 3 is 2.35 bits per heavy atom. The minimum atomic E-state index is -3.76. The minimum Gasteiger partial charge on any atom is -0.374 e. The summed E-state index contributed by atoms with van der Waals surface area (Å²) in [5.41, 5.74) is 7.50. The molecule has 0 amide bonds. The Labute approximate surface area is 139 Å². The lowest BCUT2D eigenvalue weighted by Gasteiger charge is -2.18. The average molecular weight is 349 g/mol. The standard InChI is InChI=1S/C14H15N5O2S2/c1-10(13-4-2-3-9-17-13)18-19(14(15)22)11-5-7-12(8-6-11)23(16,20)21/h2-9H,1H3,(H2,15,22)(H2,16,20,21)/b18-10+. The fourth-order valence-electron chi connectivity index (χ4n) is 1.79. The minimum absolute atomic E-state index is 0.00503. The van der Waals surface area contributed by atoms with E-state index in [1.54, 1.807) is 25.3 Å². The maximum atomic E-state index is 11.3. The molecule has 0 aliphatic heterocycles. The van der Waals surface area contributed by atoms with Gasteiger partial charge in [0.1, 0.15) is 0 Å². The second kappa shape index (κ2) is 6.82. The molecule has 0 saturated carbocycles. The third-order valence-electron chi connectivity index (χ3n) is 2.90. The predicted molar refractivity (Wildman–Crippen MR) is 93.5 cm³/mol. The van der Waals surface area contributed by atoms with Crippen molar-refractivity contribution in [1.82, 2.24) is 4.98 Å². The predicted octanol–water partition coefficient (Wildman–Crippen LogP) is 1.20. The highest BCUT2D eigenvalue weighted by molar-refractivity contribution is 7.89. The Morgan fingerprint density at radius 1 is 1.22 bits per heavy atom. The molecule has 0 unspecified atom stereocenters. The van der Waals surface area contributed by atoms with Gasteiger partial charge in [-0.1, -0.05) is 6.07 Å². The molecule has 120 valence electrons. The van der Waals surface area contributed by atoms with Gasteiger partial charge in [-0.3, -0.25) is 4.98 Å². The molecule has 7 nitrogen and oxygen atoms in total. The summed E-state index contributed by atoms with van der Waals surface area (Å²) < 4.78 is 22.6. The number of pyridine rings is 1. The van der Waals surface area contributed by atoms with Crippen LogP contribution in [-0.4, -0.2) is 24.2 Å². The number of hydrogen-bond donors (Lipinski definition) is 2. The van der Waals surface area contributed by atoms with E-state index in [0.717, 1.165) is 0 Å². The first-order chi connectivity index (χ1) is 10.8. The fourth-order valence-corrected chi connectivity index (χ4v) is 2.45. The zero-order valence-electron chi connectivity index (χ0n) is 12.2. The number of primary sulfonamides is 1. The van der Waals surface area contributed by atoms with E-state index in [9.17, 15) is 8.42 Å². The summed E-state index contributed by atoms with van der Waals surface area (Å²) in [6.45, 7) is 1.77. The van der Waals surface area contributed by atoms with Gasteiger partial charge in [0.2, 0.25) is 10.0 Å². The molecule has 0 bridgehead atoms. The smallest absolute Gasteiger partial charge is 0.238 e. The monoisotopic (exact) mass is 349 g/mol. The average Bonchev–Trinajstić information content (AvgIpc) is 2.52. The Kier molecular flexibility index (Phi) is 5.04. The van der Waals surface area contributed by atoms with Crippen molar-refractivity contribution in [2.75, 3.05) is 5.01 Å². The highest BCUT2D eigenvalue weighted by Crippen LogP contribution is 2.18. The molecule has 1 aromatic carbocycles. The van der Waals surface area contributed by atoms with Crippen LogP contribution in [0, 0.1) is 0 Å². The summed E-state index contributed by atoms with van der Waals surface area (Å²) in [6.07, 6.45) is 1.65. The van der Waals surface area contributed by atoms with Crippen LogP contribution in [0.1, 0.15) is 12.6 Å². The second-order valence-electron chi connectivity index (χ2n) is 4.59. The Bertz CT molecular complexity index is 833. The molecule has 0 aliphatic rings. The molecule has 0 spiro atoms. The molecule has 0 radical (unpaired) electrons. The molecule has 2 aromatic rings. The topological polar surface area (TPSA) is 115 Å². The van der Waals surface area contributed by atoms with Gasteiger partial charge in [0.05, 0.1) is 22.0 Å². The summed E-state index contributed by atoms with van der Waals surface area (Å²) in [4.78, 5) is 4.19. The van der Waals surface area contributed by atoms with Crippen molar-refractivity contribution in [1.29, 1.82) is 0 Å². The van der Waals surface area contributed by atoms with E-state index in [0.29, 0.717) is 17.1 Å². The highest BCUT2D eigenvalue weighted by Gasteiger charge is 2.12. The number of sulfonamides is 1. The molecule has 2 rings (SSSR count). The lowest BCUT2D eigenvalue weighted by Crippen LogP contribution is -2.32. The van der Waals surface area contributed by atoms with E-state index in [1.807, 2.05) is 6.07 Å². The molecule has 0 aliphatic carbocycles. The number of hydrogen-bond acceptors (Lipinski definition) is 5. The molecule has 9 heteroatoms. The molecule has 4 N–H and O–H groups in total. The quantitative estimate of drug-likeness (QED) is 0.487. The molecular weight excluding hydrogens is 334 g/mol. The summed E-state index contributed by atoms with van der Waals surface area (Å²) in [7, 11) is -3.76. The van der Waals surface area contributed by atoms with Gasteiger partial charge in [-0.15, -0.1) is 0 Å². The third-order valence-corrected chi connectivity index (χ3v) is 4.01. The Hall–Kier alpha value is -2.36. The Morgan fingerprint density at radius 2 is 1.87 bits per heavy atom. The van der Waals surface area contributed by atoms with Crippen molar-refractivity contribution >= 4 is 38.8 Å². The van der Waals surface area contributed by atoms with Crippen LogP contribution in [-0.2, 0) is 10.0 Å². The van der Waals surface area contributed by atoms with E-state index in [-0.39, 0.29) is 10.0 Å². The van der Waals surface area contributed by atoms with Crippen LogP contribution in [0.5, 0.6) is 0 Å². The highest BCUT2D eigenvalue weighted by atomic mass is 32.2. The van der Waals surface area contributed by atoms with Crippen LogP contribution >= 0.6 is 12.2 Å². The number of thiocarbonyl (C=S) groups is 1. The van der Waals surface area contributed by atoms with Gasteiger partial charge < -0.3 is 5.73 Å². The number of hydrazone groups is 1. The SMILES string of the molecule is C/C(=N\N(C(N)=S)c1ccc(S(N)(=O)=O)cc1)c1ccccn1. The lowest BCUT2D eigenvalue weighted by molar-refractivity contribution is 0.598. The third kappa shape index (κ3) is 4.31. The largest absolute Gasteiger partial charge is 0.374 e. The van der Waals surface area contributed by atoms with E-state index in [2.05, 4.69) is 10.1 Å². The van der Waals surface area contributed by atoms with Crippen LogP contribution in [0.25, 0.3) is 0 Å². The summed E-state index contributed by atoms with van der Waals surface area (Å²) in [6, 6.07) is 11.2. The van der Waals surface area contributed by atoms with E-state index < -0.39 is 10.0 Å². The first-order valence-electron chi connectivity index (χ1n) is 6.48. The van der Waals surface area contributed by atoms with Crippen molar-refractivity contribution in [2.24, 2.45) is 16.0 Å². The van der Waals surface area contributed by atoms with Crippen molar-refractivity contribution in [3.05, 3.63) is 54.4 Å². The molecule has 0 saturated heterocycles. The summed E-state index contributed by atoms with van der Waals surface area (Å²) in [5, 5.41) is 10.8. The normalized spacial score (nSPS) is 12.0. The Balaban J connectivity index is 2.38. The maximum Gasteiger partial charge on any atom is 0.238 e. The second-order valence-corrected chi connectivity index (χ2v) is 6.57. The number of anilines is 1. The number of rotatable bonds is 4. The van der Waals surface area contributed by atoms with Crippen molar-refractivity contribution < 1.29 is 8.42 Å². The number of nitrogens with zero attached hydrogens (tertiary/aromatic N) is 3. The number of nitrogens with two attached hydrogens (primary N) is 2. The van der Waals surface area contributed by atoms with Crippen LogP contribution in [0.2, 0.25) is 0 Å². The van der Waals surface area contributed by atoms with Crippen LogP contribution in [0.15, 0.2) is 58.7 Å². The summed E-state index contributed by atoms with van der Waals surface area (Å²) >= 11 is 5.01. The molecule has 0 atom stereocenters. The van der Waals surface area contributed by atoms with E-state index in [1.165, 1.54) is 29.3 Å². The van der Waals surface area contributed by atoms with Gasteiger partial charge in [0, 0.05) is 6.20 Å². The van der Waals surface area contributed by atoms with Gasteiger partial charge in [-0.05, 0) is 55.5 Å². The lowest BCUT2D eigenvalue weighted by atomic mass is 10.2. The molecule has 1 aromatic heterocycles. The van der Waals surface area contributed by atoms with Crippen LogP contribution in [0.3, 0.4) is 0 Å². The van der Waals surface area contributed by atoms with Gasteiger partial charge >= 0.3 is 0 Å². The van der Waals surface area contributed by atoms with Gasteiger partial charge in [-0.2, -0.15) is 5.10 Å². The number of aromatic nitrogens is 1. The molecule has 1 heterocycles. The molecule has 0 fully saturated rings. The van der Waals surface area contributed by atoms with Crippen molar-refractivity contribution in [3.8, 4) is 0 Å². The van der Waals surface area contributed by atoms with E-state index >= 15 is 0 Å². The van der Waals surface area contributed by atoms with Crippen molar-refractivity contribution in [2.45, 2.75) is 11.8 Å². The van der Waals surface area contributed by atoms with Gasteiger partial charge in [-0.25, -0.2) is 18.6 Å². The zero-order valence-corrected chi connectivity index (χ0v) is 13.9. The zero-order chi connectivity index (χ0) is 17.0.